The van der Waals surface area contributed by atoms with Crippen LogP contribution in [0.1, 0.15) is 67.3 Å². The van der Waals surface area contributed by atoms with E-state index in [2.05, 4.69) is 22.6 Å². The lowest BCUT2D eigenvalue weighted by molar-refractivity contribution is -0.116. The summed E-state index contributed by atoms with van der Waals surface area (Å²) in [4.78, 5) is 26.4. The predicted molar refractivity (Wildman–Crippen MR) is 113 cm³/mol. The molecule has 0 bridgehead atoms. The maximum atomic E-state index is 12.0. The summed E-state index contributed by atoms with van der Waals surface area (Å²) in [5.74, 6) is -0.0927. The van der Waals surface area contributed by atoms with Crippen molar-refractivity contribution in [2.75, 3.05) is 20.1 Å². The lowest BCUT2D eigenvalue weighted by atomic mass is 9.94. The monoisotopic (exact) mass is 383 g/mol. The van der Waals surface area contributed by atoms with Crippen LogP contribution in [0.2, 0.25) is 0 Å². The van der Waals surface area contributed by atoms with Crippen LogP contribution in [0.3, 0.4) is 0 Å². The Morgan fingerprint density at radius 2 is 1.79 bits per heavy atom. The van der Waals surface area contributed by atoms with Crippen LogP contribution < -0.4 is 10.6 Å². The molecule has 0 atom stereocenters. The van der Waals surface area contributed by atoms with Crippen molar-refractivity contribution in [3.8, 4) is 0 Å². The van der Waals surface area contributed by atoms with Crippen molar-refractivity contribution in [1.82, 2.24) is 15.5 Å². The van der Waals surface area contributed by atoms with Gasteiger partial charge in [-0.05, 0) is 69.5 Å². The minimum Gasteiger partial charge on any atom is -0.353 e. The van der Waals surface area contributed by atoms with E-state index in [9.17, 15) is 9.59 Å². The fraction of sp³-hybridized carbons (Fsp3) is 0.565. The Kier molecular flexibility index (Phi) is 7.66. The first kappa shape index (κ1) is 20.6. The van der Waals surface area contributed by atoms with E-state index in [1.54, 1.807) is 24.3 Å². The van der Waals surface area contributed by atoms with Gasteiger partial charge in [-0.25, -0.2) is 0 Å². The van der Waals surface area contributed by atoms with Gasteiger partial charge in [-0.2, -0.15) is 0 Å². The van der Waals surface area contributed by atoms with Crippen molar-refractivity contribution in [3.05, 3.63) is 41.5 Å². The van der Waals surface area contributed by atoms with Gasteiger partial charge in [0.15, 0.2) is 0 Å². The third-order valence-electron chi connectivity index (χ3n) is 5.70. The molecule has 3 rings (SSSR count). The van der Waals surface area contributed by atoms with Gasteiger partial charge in [0.1, 0.15) is 0 Å². The number of nitrogens with zero attached hydrogens (tertiary/aromatic N) is 1. The Balaban J connectivity index is 1.33. The van der Waals surface area contributed by atoms with Crippen molar-refractivity contribution in [1.29, 1.82) is 0 Å². The van der Waals surface area contributed by atoms with Crippen LogP contribution >= 0.6 is 0 Å². The number of benzene rings is 1. The quantitative estimate of drug-likeness (QED) is 0.508. The van der Waals surface area contributed by atoms with Gasteiger partial charge in [-0.15, -0.1) is 0 Å². The molecule has 0 spiro atoms. The average Bonchev–Trinajstić information content (AvgIpc) is 3.54. The van der Waals surface area contributed by atoms with Crippen LogP contribution in [0.25, 0.3) is 6.08 Å². The molecular formula is C23H33N3O2. The lowest BCUT2D eigenvalue weighted by Gasteiger charge is -2.31. The maximum Gasteiger partial charge on any atom is 0.251 e. The Hall–Kier alpha value is -2.14. The first-order chi connectivity index (χ1) is 13.6. The SMILES string of the molecule is CN(CCCNC(=O)/C=C/c1ccc(C(=O)NC2CC2)cc1)C1CCCCC1. The van der Waals surface area contributed by atoms with Crippen molar-refractivity contribution >= 4 is 17.9 Å². The smallest absolute Gasteiger partial charge is 0.251 e. The first-order valence-corrected chi connectivity index (χ1v) is 10.7. The largest absolute Gasteiger partial charge is 0.353 e. The minimum absolute atomic E-state index is 0.0195. The second-order valence-corrected chi connectivity index (χ2v) is 8.12. The summed E-state index contributed by atoms with van der Waals surface area (Å²) in [6.07, 6.45) is 13.2. The van der Waals surface area contributed by atoms with E-state index in [0.717, 1.165) is 37.4 Å². The molecule has 28 heavy (non-hydrogen) atoms. The van der Waals surface area contributed by atoms with E-state index in [1.165, 1.54) is 32.1 Å². The van der Waals surface area contributed by atoms with Gasteiger partial charge in [0.25, 0.3) is 5.91 Å². The molecule has 2 saturated carbocycles. The number of carbonyl (C=O) groups excluding carboxylic acids is 2. The van der Waals surface area contributed by atoms with Crippen molar-refractivity contribution in [2.24, 2.45) is 0 Å². The topological polar surface area (TPSA) is 61.4 Å². The van der Waals surface area contributed by atoms with Gasteiger partial charge in [0.05, 0.1) is 0 Å². The third kappa shape index (κ3) is 6.79. The third-order valence-corrected chi connectivity index (χ3v) is 5.70. The van der Waals surface area contributed by atoms with Gasteiger partial charge >= 0.3 is 0 Å². The molecule has 5 nitrogen and oxygen atoms in total. The van der Waals surface area contributed by atoms with Gasteiger partial charge in [-0.3, -0.25) is 9.59 Å². The van der Waals surface area contributed by atoms with Crippen LogP contribution in [0.4, 0.5) is 0 Å². The molecule has 2 aliphatic carbocycles. The van der Waals surface area contributed by atoms with E-state index < -0.39 is 0 Å². The number of hydrogen-bond donors (Lipinski definition) is 2. The number of hydrogen-bond acceptors (Lipinski definition) is 3. The molecule has 0 unspecified atom stereocenters. The van der Waals surface area contributed by atoms with Gasteiger partial charge < -0.3 is 15.5 Å². The molecule has 0 radical (unpaired) electrons. The Labute approximate surface area is 168 Å². The highest BCUT2D eigenvalue weighted by Crippen LogP contribution is 2.21. The van der Waals surface area contributed by atoms with Gasteiger partial charge in [-0.1, -0.05) is 31.4 Å². The van der Waals surface area contributed by atoms with Crippen LogP contribution in [0, 0.1) is 0 Å². The normalized spacial score (nSPS) is 17.8. The molecule has 0 saturated heterocycles. The van der Waals surface area contributed by atoms with Crippen LogP contribution in [-0.2, 0) is 4.79 Å². The average molecular weight is 384 g/mol. The molecule has 2 fully saturated rings. The zero-order valence-corrected chi connectivity index (χ0v) is 17.0. The second-order valence-electron chi connectivity index (χ2n) is 8.12. The lowest BCUT2D eigenvalue weighted by Crippen LogP contribution is -2.35. The number of rotatable bonds is 9. The van der Waals surface area contributed by atoms with E-state index in [-0.39, 0.29) is 11.8 Å². The zero-order valence-electron chi connectivity index (χ0n) is 17.0. The van der Waals surface area contributed by atoms with E-state index >= 15 is 0 Å². The summed E-state index contributed by atoms with van der Waals surface area (Å²) in [5.41, 5.74) is 1.57. The number of carbonyl (C=O) groups is 2. The molecule has 1 aromatic rings. The van der Waals surface area contributed by atoms with E-state index in [4.69, 9.17) is 0 Å². The highest BCUT2D eigenvalue weighted by molar-refractivity contribution is 5.95. The van der Waals surface area contributed by atoms with Gasteiger partial charge in [0.2, 0.25) is 5.91 Å². The van der Waals surface area contributed by atoms with E-state index in [1.807, 2.05) is 12.1 Å². The fourth-order valence-electron chi connectivity index (χ4n) is 3.72. The fourth-order valence-corrected chi connectivity index (χ4v) is 3.72. The predicted octanol–water partition coefficient (Wildman–Crippen LogP) is 3.36. The molecule has 0 aliphatic heterocycles. The summed E-state index contributed by atoms with van der Waals surface area (Å²) in [5, 5.41) is 5.93. The summed E-state index contributed by atoms with van der Waals surface area (Å²) < 4.78 is 0. The number of nitrogens with one attached hydrogen (secondary N) is 2. The van der Waals surface area contributed by atoms with Crippen molar-refractivity contribution in [2.45, 2.75) is 63.5 Å². The Morgan fingerprint density at radius 3 is 2.46 bits per heavy atom. The number of amides is 2. The second kappa shape index (κ2) is 10.4. The Bertz CT molecular complexity index is 674. The van der Waals surface area contributed by atoms with Gasteiger partial charge in [0, 0.05) is 30.3 Å². The molecule has 152 valence electrons. The zero-order chi connectivity index (χ0) is 19.8. The molecule has 1 aromatic carbocycles. The first-order valence-electron chi connectivity index (χ1n) is 10.7. The Morgan fingerprint density at radius 1 is 1.07 bits per heavy atom. The minimum atomic E-state index is -0.0733. The van der Waals surface area contributed by atoms with Crippen LogP contribution in [-0.4, -0.2) is 48.9 Å². The standard InChI is InChI=1S/C23H33N3O2/c1-26(21-6-3-2-4-7-21)17-5-16-24-22(27)15-10-18-8-11-19(12-9-18)23(28)25-20-13-14-20/h8-12,15,20-21H,2-7,13-14,16-17H2,1H3,(H,24,27)(H,25,28)/b15-10+. The molecule has 5 heteroatoms. The highest BCUT2D eigenvalue weighted by Gasteiger charge is 2.23. The van der Waals surface area contributed by atoms with Crippen molar-refractivity contribution in [3.63, 3.8) is 0 Å². The molecular weight excluding hydrogens is 350 g/mol. The summed E-state index contributed by atoms with van der Waals surface area (Å²) in [6, 6.07) is 8.42. The molecule has 2 amide bonds. The summed E-state index contributed by atoms with van der Waals surface area (Å²) in [7, 11) is 2.20. The van der Waals surface area contributed by atoms with Crippen LogP contribution in [0.5, 0.6) is 0 Å². The maximum absolute atomic E-state index is 12.0. The summed E-state index contributed by atoms with van der Waals surface area (Å²) >= 11 is 0. The molecule has 0 heterocycles. The molecule has 0 aromatic heterocycles. The van der Waals surface area contributed by atoms with Crippen molar-refractivity contribution < 1.29 is 9.59 Å². The molecule has 2 aliphatic rings. The van der Waals surface area contributed by atoms with E-state index in [0.29, 0.717) is 18.2 Å². The summed E-state index contributed by atoms with van der Waals surface area (Å²) in [6.45, 7) is 1.72. The van der Waals surface area contributed by atoms with Crippen LogP contribution in [0.15, 0.2) is 30.3 Å². The molecule has 2 N–H and O–H groups in total. The highest BCUT2D eigenvalue weighted by atomic mass is 16.2.